The van der Waals surface area contributed by atoms with Gasteiger partial charge in [-0.25, -0.2) is 9.38 Å². The van der Waals surface area contributed by atoms with E-state index in [-0.39, 0.29) is 5.82 Å². The van der Waals surface area contributed by atoms with E-state index < -0.39 is 0 Å². The van der Waals surface area contributed by atoms with Crippen molar-refractivity contribution < 1.29 is 4.39 Å². The zero-order valence-electron chi connectivity index (χ0n) is 14.9. The second kappa shape index (κ2) is 9.89. The summed E-state index contributed by atoms with van der Waals surface area (Å²) >= 11 is 1.70. The highest BCUT2D eigenvalue weighted by molar-refractivity contribution is 7.97. The van der Waals surface area contributed by atoms with Crippen LogP contribution in [0.15, 0.2) is 23.2 Å². The van der Waals surface area contributed by atoms with E-state index in [9.17, 15) is 4.39 Å². The van der Waals surface area contributed by atoms with E-state index >= 15 is 0 Å². The lowest BCUT2D eigenvalue weighted by Gasteiger charge is -2.15. The van der Waals surface area contributed by atoms with E-state index in [1.807, 2.05) is 12.3 Å². The molecule has 1 aromatic carbocycles. The van der Waals surface area contributed by atoms with E-state index in [0.717, 1.165) is 42.5 Å². The smallest absolute Gasteiger partial charge is 0.191 e. The fourth-order valence-electron chi connectivity index (χ4n) is 2.98. The molecule has 4 nitrogen and oxygen atoms in total. The number of hydrogen-bond donors (Lipinski definition) is 2. The van der Waals surface area contributed by atoms with Gasteiger partial charge in [-0.15, -0.1) is 0 Å². The van der Waals surface area contributed by atoms with Crippen molar-refractivity contribution in [3.05, 3.63) is 35.1 Å². The molecule has 1 aliphatic heterocycles. The normalized spacial score (nSPS) is 18.8. The molecule has 1 heterocycles. The van der Waals surface area contributed by atoms with Gasteiger partial charge in [0, 0.05) is 25.4 Å². The van der Waals surface area contributed by atoms with Crippen molar-refractivity contribution in [1.29, 1.82) is 0 Å². The zero-order valence-corrected chi connectivity index (χ0v) is 15.8. The first-order valence-electron chi connectivity index (χ1n) is 8.59. The molecule has 0 spiro atoms. The molecule has 2 N–H and O–H groups in total. The molecule has 1 fully saturated rings. The van der Waals surface area contributed by atoms with Crippen LogP contribution >= 0.6 is 11.8 Å². The van der Waals surface area contributed by atoms with Crippen LogP contribution < -0.4 is 10.6 Å². The summed E-state index contributed by atoms with van der Waals surface area (Å²) in [4.78, 5) is 7.05. The highest BCUT2D eigenvalue weighted by Crippen LogP contribution is 2.17. The molecule has 1 atom stereocenters. The van der Waals surface area contributed by atoms with Crippen molar-refractivity contribution in [3.8, 4) is 0 Å². The van der Waals surface area contributed by atoms with Gasteiger partial charge < -0.3 is 15.5 Å². The van der Waals surface area contributed by atoms with Gasteiger partial charge in [0.25, 0.3) is 0 Å². The molecular weight excluding hydrogens is 323 g/mol. The summed E-state index contributed by atoms with van der Waals surface area (Å²) in [6.45, 7) is 6.72. The lowest BCUT2D eigenvalue weighted by atomic mass is 10.1. The van der Waals surface area contributed by atoms with Gasteiger partial charge in [0.15, 0.2) is 5.96 Å². The molecule has 1 unspecified atom stereocenters. The number of benzene rings is 1. The molecule has 2 rings (SSSR count). The van der Waals surface area contributed by atoms with Crippen LogP contribution in [0.4, 0.5) is 4.39 Å². The molecule has 0 radical (unpaired) electrons. The van der Waals surface area contributed by atoms with Crippen LogP contribution in [0.2, 0.25) is 0 Å². The highest BCUT2D eigenvalue weighted by Gasteiger charge is 2.19. The topological polar surface area (TPSA) is 39.7 Å². The van der Waals surface area contributed by atoms with Crippen molar-refractivity contribution in [3.63, 3.8) is 0 Å². The van der Waals surface area contributed by atoms with E-state index in [1.165, 1.54) is 19.0 Å². The highest BCUT2D eigenvalue weighted by atomic mass is 32.2. The number of halogens is 1. The predicted molar refractivity (Wildman–Crippen MR) is 102 cm³/mol. The summed E-state index contributed by atoms with van der Waals surface area (Å²) in [7, 11) is 2.17. The maximum absolute atomic E-state index is 13.4. The standard InChI is InChI=1S/C18H29FN4S/c1-4-20-18(21-10-14-7-8-23(2)12-14)22-11-15-5-6-17(19)9-16(15)13-24-3/h5-6,9,14H,4,7-8,10-13H2,1-3H3,(H2,20,21,22). The van der Waals surface area contributed by atoms with Crippen LogP contribution in [-0.4, -0.2) is 50.3 Å². The average Bonchev–Trinajstić information content (AvgIpc) is 2.97. The second-order valence-electron chi connectivity index (χ2n) is 6.34. The molecule has 1 aliphatic rings. The summed E-state index contributed by atoms with van der Waals surface area (Å²) in [6.07, 6.45) is 3.26. The minimum atomic E-state index is -0.179. The Kier molecular flexibility index (Phi) is 7.85. The van der Waals surface area contributed by atoms with Crippen LogP contribution in [-0.2, 0) is 12.3 Å². The Balaban J connectivity index is 1.97. The van der Waals surface area contributed by atoms with Gasteiger partial charge in [0.1, 0.15) is 5.82 Å². The van der Waals surface area contributed by atoms with Crippen LogP contribution in [0.1, 0.15) is 24.5 Å². The number of hydrogen-bond acceptors (Lipinski definition) is 3. The molecule has 134 valence electrons. The van der Waals surface area contributed by atoms with Crippen LogP contribution in [0, 0.1) is 11.7 Å². The molecular formula is C18H29FN4S. The Hall–Kier alpha value is -1.27. The molecule has 0 aliphatic carbocycles. The van der Waals surface area contributed by atoms with Crippen molar-refractivity contribution in [2.45, 2.75) is 25.6 Å². The SMILES string of the molecule is CCNC(=NCc1ccc(F)cc1CSC)NCC1CCN(C)C1. The third-order valence-corrected chi connectivity index (χ3v) is 4.87. The first kappa shape index (κ1) is 19.1. The third-order valence-electron chi connectivity index (χ3n) is 4.27. The summed E-state index contributed by atoms with van der Waals surface area (Å²) in [5.41, 5.74) is 2.11. The van der Waals surface area contributed by atoms with Gasteiger partial charge in [0.2, 0.25) is 0 Å². The first-order chi connectivity index (χ1) is 11.6. The number of nitrogens with zero attached hydrogens (tertiary/aromatic N) is 2. The van der Waals surface area contributed by atoms with Crippen molar-refractivity contribution >= 4 is 17.7 Å². The minimum absolute atomic E-state index is 0.179. The third kappa shape index (κ3) is 5.98. The van der Waals surface area contributed by atoms with Crippen molar-refractivity contribution in [2.75, 3.05) is 39.5 Å². The molecule has 0 amide bonds. The quantitative estimate of drug-likeness (QED) is 0.585. The Morgan fingerprint density at radius 1 is 1.38 bits per heavy atom. The van der Waals surface area contributed by atoms with Gasteiger partial charge in [-0.2, -0.15) is 11.8 Å². The largest absolute Gasteiger partial charge is 0.357 e. The second-order valence-corrected chi connectivity index (χ2v) is 7.21. The number of rotatable bonds is 7. The predicted octanol–water partition coefficient (Wildman–Crippen LogP) is 2.70. The maximum atomic E-state index is 13.4. The van der Waals surface area contributed by atoms with Gasteiger partial charge in [-0.1, -0.05) is 6.07 Å². The number of likely N-dealkylation sites (tertiary alicyclic amines) is 1. The minimum Gasteiger partial charge on any atom is -0.357 e. The van der Waals surface area contributed by atoms with E-state index in [4.69, 9.17) is 0 Å². The number of thioether (sulfide) groups is 1. The first-order valence-corrected chi connectivity index (χ1v) is 9.98. The summed E-state index contributed by atoms with van der Waals surface area (Å²) in [5, 5.41) is 6.75. The van der Waals surface area contributed by atoms with Crippen LogP contribution in [0.5, 0.6) is 0 Å². The maximum Gasteiger partial charge on any atom is 0.191 e. The van der Waals surface area contributed by atoms with Crippen LogP contribution in [0.3, 0.4) is 0 Å². The Labute approximate surface area is 149 Å². The molecule has 24 heavy (non-hydrogen) atoms. The molecule has 0 saturated carbocycles. The van der Waals surface area contributed by atoms with E-state index in [0.29, 0.717) is 12.5 Å². The molecule has 0 aromatic heterocycles. The van der Waals surface area contributed by atoms with Gasteiger partial charge in [0.05, 0.1) is 6.54 Å². The monoisotopic (exact) mass is 352 g/mol. The fourth-order valence-corrected chi connectivity index (χ4v) is 3.56. The fraction of sp³-hybridized carbons (Fsp3) is 0.611. The molecule has 1 aromatic rings. The van der Waals surface area contributed by atoms with Crippen molar-refractivity contribution in [1.82, 2.24) is 15.5 Å². The summed E-state index contributed by atoms with van der Waals surface area (Å²) < 4.78 is 13.4. The van der Waals surface area contributed by atoms with E-state index in [2.05, 4.69) is 34.5 Å². The summed E-state index contributed by atoms with van der Waals surface area (Å²) in [5.74, 6) is 2.14. The Bertz CT molecular complexity index is 550. The molecule has 0 bridgehead atoms. The van der Waals surface area contributed by atoms with Gasteiger partial charge >= 0.3 is 0 Å². The number of aliphatic imine (C=N–C) groups is 1. The number of guanidine groups is 1. The Morgan fingerprint density at radius 3 is 2.88 bits per heavy atom. The molecule has 6 heteroatoms. The van der Waals surface area contributed by atoms with Gasteiger partial charge in [-0.3, -0.25) is 0 Å². The summed E-state index contributed by atoms with van der Waals surface area (Å²) in [6, 6.07) is 4.99. The lowest BCUT2D eigenvalue weighted by Crippen LogP contribution is -2.40. The molecule has 1 saturated heterocycles. The van der Waals surface area contributed by atoms with E-state index in [1.54, 1.807) is 17.8 Å². The average molecular weight is 353 g/mol. The Morgan fingerprint density at radius 2 is 2.21 bits per heavy atom. The zero-order chi connectivity index (χ0) is 17.4. The van der Waals surface area contributed by atoms with Gasteiger partial charge in [-0.05, 0) is 62.4 Å². The van der Waals surface area contributed by atoms with Crippen LogP contribution in [0.25, 0.3) is 0 Å². The van der Waals surface area contributed by atoms with Crippen molar-refractivity contribution in [2.24, 2.45) is 10.9 Å². The lowest BCUT2D eigenvalue weighted by molar-refractivity contribution is 0.394. The number of nitrogens with one attached hydrogen (secondary N) is 2.